The number of ether oxygens (including phenoxy) is 1. The number of alkyl halides is 1. The standard InChI is InChI=1S/C10H16ClN3O2/c1-3-14-5-4-12-9(10(14)15)13-8(6-11)7-16-2/h4-5,8H,3,6-7H2,1-2H3,(H,12,13). The van der Waals surface area contributed by atoms with E-state index in [0.717, 1.165) is 0 Å². The van der Waals surface area contributed by atoms with Gasteiger partial charge in [-0.25, -0.2) is 4.98 Å². The van der Waals surface area contributed by atoms with Gasteiger partial charge in [0.2, 0.25) is 0 Å². The molecule has 1 aromatic rings. The highest BCUT2D eigenvalue weighted by molar-refractivity contribution is 6.18. The molecule has 0 aliphatic heterocycles. The summed E-state index contributed by atoms with van der Waals surface area (Å²) < 4.78 is 6.56. The maximum atomic E-state index is 11.8. The Bertz CT molecular complexity index is 381. The minimum Gasteiger partial charge on any atom is -0.383 e. The molecule has 90 valence electrons. The van der Waals surface area contributed by atoms with Crippen LogP contribution < -0.4 is 10.9 Å². The Kier molecular flexibility index (Phi) is 5.28. The predicted molar refractivity (Wildman–Crippen MR) is 64.2 cm³/mol. The molecule has 0 aromatic carbocycles. The Balaban J connectivity index is 2.84. The van der Waals surface area contributed by atoms with Crippen molar-refractivity contribution in [2.75, 3.05) is 24.9 Å². The third kappa shape index (κ3) is 3.21. The van der Waals surface area contributed by atoms with E-state index < -0.39 is 0 Å². The molecule has 0 aliphatic carbocycles. The Morgan fingerprint density at radius 1 is 1.69 bits per heavy atom. The summed E-state index contributed by atoms with van der Waals surface area (Å²) in [5.74, 6) is 0.669. The molecule has 6 heteroatoms. The van der Waals surface area contributed by atoms with Gasteiger partial charge in [0.05, 0.1) is 12.6 Å². The van der Waals surface area contributed by atoms with Crippen LogP contribution in [-0.2, 0) is 11.3 Å². The first-order valence-corrected chi connectivity index (χ1v) is 5.63. The molecule has 1 rings (SSSR count). The van der Waals surface area contributed by atoms with Crippen LogP contribution >= 0.6 is 11.6 Å². The van der Waals surface area contributed by atoms with Gasteiger partial charge in [-0.15, -0.1) is 11.6 Å². The highest BCUT2D eigenvalue weighted by Crippen LogP contribution is 1.99. The zero-order valence-electron chi connectivity index (χ0n) is 9.44. The lowest BCUT2D eigenvalue weighted by molar-refractivity contribution is 0.191. The van der Waals surface area contributed by atoms with Crippen LogP contribution in [0.5, 0.6) is 0 Å². The molecule has 16 heavy (non-hydrogen) atoms. The predicted octanol–water partition coefficient (Wildman–Crippen LogP) is 0.929. The highest BCUT2D eigenvalue weighted by Gasteiger charge is 2.10. The van der Waals surface area contributed by atoms with Crippen LogP contribution in [0.4, 0.5) is 5.82 Å². The number of hydrogen-bond acceptors (Lipinski definition) is 4. The van der Waals surface area contributed by atoms with Crippen molar-refractivity contribution in [1.82, 2.24) is 9.55 Å². The van der Waals surface area contributed by atoms with E-state index in [1.54, 1.807) is 24.1 Å². The number of nitrogens with zero attached hydrogens (tertiary/aromatic N) is 2. The van der Waals surface area contributed by atoms with Crippen LogP contribution in [-0.4, -0.2) is 35.2 Å². The molecule has 0 bridgehead atoms. The van der Waals surface area contributed by atoms with Crippen molar-refractivity contribution in [2.24, 2.45) is 0 Å². The van der Waals surface area contributed by atoms with Gasteiger partial charge in [-0.1, -0.05) is 0 Å². The number of anilines is 1. The fourth-order valence-electron chi connectivity index (χ4n) is 1.31. The molecular weight excluding hydrogens is 230 g/mol. The second-order valence-electron chi connectivity index (χ2n) is 3.32. The molecule has 0 fully saturated rings. The number of halogens is 1. The van der Waals surface area contributed by atoms with Crippen LogP contribution in [0.1, 0.15) is 6.92 Å². The lowest BCUT2D eigenvalue weighted by Gasteiger charge is -2.15. The minimum absolute atomic E-state index is 0.112. The third-order valence-electron chi connectivity index (χ3n) is 2.15. The maximum absolute atomic E-state index is 11.8. The largest absolute Gasteiger partial charge is 0.383 e. The van der Waals surface area contributed by atoms with E-state index in [4.69, 9.17) is 16.3 Å². The van der Waals surface area contributed by atoms with Crippen molar-refractivity contribution in [2.45, 2.75) is 19.5 Å². The molecule has 1 heterocycles. The summed E-state index contributed by atoms with van der Waals surface area (Å²) in [7, 11) is 1.59. The number of methoxy groups -OCH3 is 1. The van der Waals surface area contributed by atoms with Crippen LogP contribution in [0.2, 0.25) is 0 Å². The molecule has 1 aromatic heterocycles. The fraction of sp³-hybridized carbons (Fsp3) is 0.600. The number of rotatable bonds is 6. The zero-order chi connectivity index (χ0) is 12.0. The second kappa shape index (κ2) is 6.50. The normalized spacial score (nSPS) is 12.4. The molecular formula is C10H16ClN3O2. The van der Waals surface area contributed by atoms with Gasteiger partial charge in [0.15, 0.2) is 5.82 Å². The zero-order valence-corrected chi connectivity index (χ0v) is 10.2. The molecule has 1 unspecified atom stereocenters. The summed E-state index contributed by atoms with van der Waals surface area (Å²) in [5, 5.41) is 2.97. The molecule has 0 amide bonds. The first-order valence-electron chi connectivity index (χ1n) is 5.09. The molecule has 0 spiro atoms. The molecule has 0 aliphatic rings. The van der Waals surface area contributed by atoms with Crippen molar-refractivity contribution in [1.29, 1.82) is 0 Å². The molecule has 0 saturated carbocycles. The van der Waals surface area contributed by atoms with Crippen LogP contribution in [0.25, 0.3) is 0 Å². The van der Waals surface area contributed by atoms with E-state index in [1.807, 2.05) is 6.92 Å². The summed E-state index contributed by atoms with van der Waals surface area (Å²) >= 11 is 5.74. The highest BCUT2D eigenvalue weighted by atomic mass is 35.5. The number of aryl methyl sites for hydroxylation is 1. The van der Waals surface area contributed by atoms with Crippen LogP contribution in [0, 0.1) is 0 Å². The molecule has 1 atom stereocenters. The summed E-state index contributed by atoms with van der Waals surface area (Å²) in [6.45, 7) is 2.96. The molecule has 0 radical (unpaired) electrons. The monoisotopic (exact) mass is 245 g/mol. The summed E-state index contributed by atoms with van der Waals surface area (Å²) in [6, 6.07) is -0.112. The first kappa shape index (κ1) is 13.0. The van der Waals surface area contributed by atoms with Gasteiger partial charge in [0.1, 0.15) is 0 Å². The van der Waals surface area contributed by atoms with Crippen molar-refractivity contribution < 1.29 is 4.74 Å². The van der Waals surface area contributed by atoms with Gasteiger partial charge in [0, 0.05) is 31.9 Å². The average molecular weight is 246 g/mol. The van der Waals surface area contributed by atoms with Crippen LogP contribution in [0.15, 0.2) is 17.2 Å². The van der Waals surface area contributed by atoms with Crippen LogP contribution in [0.3, 0.4) is 0 Å². The van der Waals surface area contributed by atoms with Gasteiger partial charge in [-0.2, -0.15) is 0 Å². The van der Waals surface area contributed by atoms with Crippen molar-refractivity contribution >= 4 is 17.4 Å². The first-order chi connectivity index (χ1) is 7.72. The molecule has 0 saturated heterocycles. The topological polar surface area (TPSA) is 56.1 Å². The Labute approximate surface area is 99.4 Å². The third-order valence-corrected chi connectivity index (χ3v) is 2.52. The van der Waals surface area contributed by atoms with E-state index in [1.165, 1.54) is 0 Å². The van der Waals surface area contributed by atoms with Gasteiger partial charge >= 0.3 is 0 Å². The summed E-state index contributed by atoms with van der Waals surface area (Å²) in [4.78, 5) is 15.8. The SMILES string of the molecule is CCn1ccnc(NC(CCl)COC)c1=O. The fourth-order valence-corrected chi connectivity index (χ4v) is 1.48. The smallest absolute Gasteiger partial charge is 0.293 e. The lowest BCUT2D eigenvalue weighted by Crippen LogP contribution is -2.32. The van der Waals surface area contributed by atoms with E-state index >= 15 is 0 Å². The maximum Gasteiger partial charge on any atom is 0.293 e. The quantitative estimate of drug-likeness (QED) is 0.758. The Morgan fingerprint density at radius 3 is 3.00 bits per heavy atom. The second-order valence-corrected chi connectivity index (χ2v) is 3.63. The Morgan fingerprint density at radius 2 is 2.44 bits per heavy atom. The summed E-state index contributed by atoms with van der Waals surface area (Å²) in [6.07, 6.45) is 3.24. The van der Waals surface area contributed by atoms with Crippen molar-refractivity contribution in [3.63, 3.8) is 0 Å². The van der Waals surface area contributed by atoms with E-state index in [9.17, 15) is 4.79 Å². The van der Waals surface area contributed by atoms with E-state index in [0.29, 0.717) is 24.8 Å². The van der Waals surface area contributed by atoms with Crippen molar-refractivity contribution in [3.8, 4) is 0 Å². The lowest BCUT2D eigenvalue weighted by atomic mass is 10.3. The number of hydrogen-bond donors (Lipinski definition) is 1. The van der Waals surface area contributed by atoms with Gasteiger partial charge in [0.25, 0.3) is 5.56 Å². The average Bonchev–Trinajstić information content (AvgIpc) is 2.31. The van der Waals surface area contributed by atoms with Gasteiger partial charge < -0.3 is 14.6 Å². The van der Waals surface area contributed by atoms with Crippen molar-refractivity contribution in [3.05, 3.63) is 22.7 Å². The number of nitrogens with one attached hydrogen (secondary N) is 1. The Hall–Kier alpha value is -1.07. The summed E-state index contributed by atoms with van der Waals surface area (Å²) in [5.41, 5.74) is -0.142. The van der Waals surface area contributed by atoms with E-state index in [-0.39, 0.29) is 11.6 Å². The van der Waals surface area contributed by atoms with Gasteiger partial charge in [-0.05, 0) is 6.92 Å². The molecule has 5 nitrogen and oxygen atoms in total. The minimum atomic E-state index is -0.142. The van der Waals surface area contributed by atoms with Gasteiger partial charge in [-0.3, -0.25) is 4.79 Å². The van der Waals surface area contributed by atoms with E-state index in [2.05, 4.69) is 10.3 Å². The number of aromatic nitrogens is 2. The molecule has 1 N–H and O–H groups in total.